The van der Waals surface area contributed by atoms with E-state index in [1.54, 1.807) is 0 Å². The first-order chi connectivity index (χ1) is 8.11. The molecule has 1 saturated heterocycles. The minimum absolute atomic E-state index is 0.0737. The number of aryl methyl sites for hydroxylation is 1. The molecular formula is C12H17NO2S2. The van der Waals surface area contributed by atoms with Crippen LogP contribution in [0.3, 0.4) is 0 Å². The Balaban J connectivity index is 1.90. The predicted octanol–water partition coefficient (Wildman–Crippen LogP) is 2.04. The van der Waals surface area contributed by atoms with Crippen molar-refractivity contribution >= 4 is 29.0 Å². The Morgan fingerprint density at radius 1 is 1.47 bits per heavy atom. The molecule has 1 aliphatic rings. The number of rotatable bonds is 3. The van der Waals surface area contributed by atoms with Crippen molar-refractivity contribution in [2.45, 2.75) is 25.4 Å². The van der Waals surface area contributed by atoms with Crippen molar-refractivity contribution in [3.05, 3.63) is 21.9 Å². The average molecular weight is 271 g/mol. The number of carbonyl (C=O) groups is 1. The molecule has 1 fully saturated rings. The van der Waals surface area contributed by atoms with Crippen LogP contribution in [0.4, 0.5) is 0 Å². The Kier molecular flexibility index (Phi) is 4.12. The van der Waals surface area contributed by atoms with Crippen LogP contribution in [-0.4, -0.2) is 34.7 Å². The van der Waals surface area contributed by atoms with E-state index in [1.807, 2.05) is 29.4 Å². The van der Waals surface area contributed by atoms with Gasteiger partial charge in [0, 0.05) is 11.9 Å². The highest BCUT2D eigenvalue weighted by Gasteiger charge is 2.30. The number of aliphatic hydroxyl groups is 1. The first kappa shape index (κ1) is 12.9. The molecule has 1 aliphatic heterocycles. The molecule has 1 aromatic heterocycles. The molecule has 0 aromatic carbocycles. The summed E-state index contributed by atoms with van der Waals surface area (Å²) in [6.07, 6.45) is 1.53. The van der Waals surface area contributed by atoms with Crippen LogP contribution in [0.15, 0.2) is 10.8 Å². The Morgan fingerprint density at radius 2 is 2.18 bits per heavy atom. The van der Waals surface area contributed by atoms with E-state index in [0.717, 1.165) is 35.5 Å². The molecule has 0 atom stereocenters. The lowest BCUT2D eigenvalue weighted by molar-refractivity contribution is 0.0311. The van der Waals surface area contributed by atoms with Crippen LogP contribution >= 0.6 is 23.1 Å². The Bertz CT molecular complexity index is 397. The molecule has 2 heterocycles. The zero-order chi connectivity index (χ0) is 12.3. The number of amides is 1. The van der Waals surface area contributed by atoms with Gasteiger partial charge in [0.25, 0.3) is 5.91 Å². The van der Waals surface area contributed by atoms with Gasteiger partial charge in [-0.05, 0) is 42.2 Å². The third-order valence-corrected chi connectivity index (χ3v) is 4.95. The predicted molar refractivity (Wildman–Crippen MR) is 72.9 cm³/mol. The van der Waals surface area contributed by atoms with Crippen LogP contribution in [0.2, 0.25) is 0 Å². The lowest BCUT2D eigenvalue weighted by Gasteiger charge is -2.31. The quantitative estimate of drug-likeness (QED) is 0.884. The second-order valence-corrected chi connectivity index (χ2v) is 6.46. The van der Waals surface area contributed by atoms with Crippen LogP contribution in [0.1, 0.15) is 28.8 Å². The largest absolute Gasteiger partial charge is 0.388 e. The van der Waals surface area contributed by atoms with Gasteiger partial charge in [0.15, 0.2) is 0 Å². The molecule has 0 bridgehead atoms. The lowest BCUT2D eigenvalue weighted by Crippen LogP contribution is -2.45. The second kappa shape index (κ2) is 5.42. The summed E-state index contributed by atoms with van der Waals surface area (Å²) in [6.45, 7) is 2.29. The highest BCUT2D eigenvalue weighted by atomic mass is 32.2. The van der Waals surface area contributed by atoms with Crippen molar-refractivity contribution in [2.24, 2.45) is 0 Å². The minimum Gasteiger partial charge on any atom is -0.388 e. The lowest BCUT2D eigenvalue weighted by atomic mass is 9.97. The molecule has 0 radical (unpaired) electrons. The van der Waals surface area contributed by atoms with E-state index in [4.69, 9.17) is 0 Å². The van der Waals surface area contributed by atoms with Gasteiger partial charge in [-0.3, -0.25) is 4.79 Å². The van der Waals surface area contributed by atoms with Crippen LogP contribution < -0.4 is 5.32 Å². The molecule has 2 N–H and O–H groups in total. The topological polar surface area (TPSA) is 49.3 Å². The third-order valence-electron chi connectivity index (χ3n) is 3.10. The van der Waals surface area contributed by atoms with Crippen molar-refractivity contribution < 1.29 is 9.90 Å². The maximum atomic E-state index is 11.9. The van der Waals surface area contributed by atoms with Gasteiger partial charge < -0.3 is 10.4 Å². The van der Waals surface area contributed by atoms with Crippen LogP contribution in [0, 0.1) is 6.92 Å². The van der Waals surface area contributed by atoms with E-state index < -0.39 is 5.60 Å². The van der Waals surface area contributed by atoms with E-state index in [0.29, 0.717) is 6.54 Å². The summed E-state index contributed by atoms with van der Waals surface area (Å²) in [6, 6.07) is 0. The fraction of sp³-hybridized carbons (Fsp3) is 0.583. The summed E-state index contributed by atoms with van der Waals surface area (Å²) in [4.78, 5) is 11.9. The maximum Gasteiger partial charge on any atom is 0.252 e. The molecule has 0 aliphatic carbocycles. The van der Waals surface area contributed by atoms with Crippen LogP contribution in [0.5, 0.6) is 0 Å². The third kappa shape index (κ3) is 3.24. The fourth-order valence-corrected chi connectivity index (χ4v) is 3.94. The van der Waals surface area contributed by atoms with Gasteiger partial charge in [-0.25, -0.2) is 0 Å². The molecule has 1 aromatic rings. The smallest absolute Gasteiger partial charge is 0.252 e. The second-order valence-electron chi connectivity index (χ2n) is 4.49. The highest BCUT2D eigenvalue weighted by Crippen LogP contribution is 2.26. The molecule has 3 nitrogen and oxygen atoms in total. The number of thioether (sulfide) groups is 1. The molecule has 17 heavy (non-hydrogen) atoms. The van der Waals surface area contributed by atoms with Crippen molar-refractivity contribution in [3.63, 3.8) is 0 Å². The molecule has 5 heteroatoms. The zero-order valence-corrected chi connectivity index (χ0v) is 11.5. The molecule has 0 spiro atoms. The number of carbonyl (C=O) groups excluding carboxylic acids is 1. The summed E-state index contributed by atoms with van der Waals surface area (Å²) >= 11 is 3.39. The molecule has 2 rings (SSSR count). The first-order valence-corrected chi connectivity index (χ1v) is 7.82. The summed E-state index contributed by atoms with van der Waals surface area (Å²) in [5.74, 6) is 1.88. The van der Waals surface area contributed by atoms with E-state index >= 15 is 0 Å². The summed E-state index contributed by atoms with van der Waals surface area (Å²) < 4.78 is 0. The number of nitrogens with one attached hydrogen (secondary N) is 1. The van der Waals surface area contributed by atoms with Gasteiger partial charge in [-0.1, -0.05) is 0 Å². The first-order valence-electron chi connectivity index (χ1n) is 5.72. The van der Waals surface area contributed by atoms with E-state index in [-0.39, 0.29) is 5.91 Å². The fourth-order valence-electron chi connectivity index (χ4n) is 1.86. The SMILES string of the molecule is Cc1cscc1C(=O)NCC1(O)CCSCC1. The van der Waals surface area contributed by atoms with Gasteiger partial charge in [0.05, 0.1) is 11.2 Å². The average Bonchev–Trinajstić information content (AvgIpc) is 2.74. The zero-order valence-electron chi connectivity index (χ0n) is 9.86. The molecule has 1 amide bonds. The van der Waals surface area contributed by atoms with Gasteiger partial charge in [-0.15, -0.1) is 0 Å². The number of hydrogen-bond donors (Lipinski definition) is 2. The number of hydrogen-bond acceptors (Lipinski definition) is 4. The van der Waals surface area contributed by atoms with Crippen LogP contribution in [0.25, 0.3) is 0 Å². The van der Waals surface area contributed by atoms with Gasteiger partial charge >= 0.3 is 0 Å². The normalized spacial score (nSPS) is 18.9. The van der Waals surface area contributed by atoms with Crippen LogP contribution in [-0.2, 0) is 0 Å². The molecule has 0 unspecified atom stereocenters. The Hall–Kier alpha value is -0.520. The van der Waals surface area contributed by atoms with Crippen molar-refractivity contribution in [3.8, 4) is 0 Å². The van der Waals surface area contributed by atoms with Crippen molar-refractivity contribution in [1.82, 2.24) is 5.32 Å². The minimum atomic E-state index is -0.704. The molecule has 94 valence electrons. The molecule has 0 saturated carbocycles. The summed E-state index contributed by atoms with van der Waals surface area (Å²) in [7, 11) is 0. The number of thiophene rings is 1. The Labute approximate surface area is 110 Å². The van der Waals surface area contributed by atoms with Crippen molar-refractivity contribution in [1.29, 1.82) is 0 Å². The van der Waals surface area contributed by atoms with E-state index in [9.17, 15) is 9.90 Å². The monoisotopic (exact) mass is 271 g/mol. The van der Waals surface area contributed by atoms with Gasteiger partial charge in [-0.2, -0.15) is 23.1 Å². The highest BCUT2D eigenvalue weighted by molar-refractivity contribution is 7.99. The summed E-state index contributed by atoms with van der Waals surface area (Å²) in [5.41, 5.74) is 1.02. The summed E-state index contributed by atoms with van der Waals surface area (Å²) in [5, 5.41) is 16.9. The van der Waals surface area contributed by atoms with Gasteiger partial charge in [0.1, 0.15) is 0 Å². The van der Waals surface area contributed by atoms with Gasteiger partial charge in [0.2, 0.25) is 0 Å². The Morgan fingerprint density at radius 3 is 2.76 bits per heavy atom. The van der Waals surface area contributed by atoms with E-state index in [1.165, 1.54) is 11.3 Å². The maximum absolute atomic E-state index is 11.9. The molecular weight excluding hydrogens is 254 g/mol. The van der Waals surface area contributed by atoms with E-state index in [2.05, 4.69) is 5.32 Å². The standard InChI is InChI=1S/C12H17NO2S2/c1-9-6-17-7-10(9)11(14)13-8-12(15)2-4-16-5-3-12/h6-7,15H,2-5,8H2,1H3,(H,13,14). The van der Waals surface area contributed by atoms with Crippen molar-refractivity contribution in [2.75, 3.05) is 18.1 Å².